The molecule has 98 valence electrons. The Labute approximate surface area is 104 Å². The maximum absolute atomic E-state index is 13.2. The van der Waals surface area contributed by atoms with Crippen molar-refractivity contribution in [3.8, 4) is 0 Å². The fraction of sp³-hybridized carbons (Fsp3) is 0.417. The maximum Gasteiger partial charge on any atom is 0.266 e. The van der Waals surface area contributed by atoms with E-state index in [1.54, 1.807) is 13.0 Å². The molecule has 4 nitrogen and oxygen atoms in total. The first-order valence-corrected chi connectivity index (χ1v) is 5.63. The number of benzene rings is 1. The lowest BCUT2D eigenvalue weighted by Crippen LogP contribution is -2.26. The number of hydrogen-bond acceptors (Lipinski definition) is 3. The predicted octanol–water partition coefficient (Wildman–Crippen LogP) is 1.52. The summed E-state index contributed by atoms with van der Waals surface area (Å²) >= 11 is 0. The fourth-order valence-electron chi connectivity index (χ4n) is 2.19. The molecule has 0 radical (unpaired) electrons. The molecule has 4 N–H and O–H groups in total. The van der Waals surface area contributed by atoms with Gasteiger partial charge in [-0.1, -0.05) is 0 Å². The van der Waals surface area contributed by atoms with Gasteiger partial charge in [0.1, 0.15) is 0 Å². The average molecular weight is 255 g/mol. The summed E-state index contributed by atoms with van der Waals surface area (Å²) in [5.41, 5.74) is 12.8. The molecule has 1 fully saturated rings. The van der Waals surface area contributed by atoms with Crippen molar-refractivity contribution in [2.75, 3.05) is 23.7 Å². The van der Waals surface area contributed by atoms with E-state index in [0.29, 0.717) is 22.5 Å². The molecule has 0 unspecified atom stereocenters. The van der Waals surface area contributed by atoms with Crippen molar-refractivity contribution in [1.82, 2.24) is 0 Å². The summed E-state index contributed by atoms with van der Waals surface area (Å²) in [5.74, 6) is -3.25. The van der Waals surface area contributed by atoms with Crippen molar-refractivity contribution >= 4 is 17.3 Å². The highest BCUT2D eigenvalue weighted by Crippen LogP contribution is 2.35. The van der Waals surface area contributed by atoms with Crippen molar-refractivity contribution in [3.63, 3.8) is 0 Å². The Bertz CT molecular complexity index is 502. The van der Waals surface area contributed by atoms with Crippen LogP contribution in [0.25, 0.3) is 0 Å². The van der Waals surface area contributed by atoms with Crippen LogP contribution in [0.3, 0.4) is 0 Å². The SMILES string of the molecule is Cc1cc(N2CCC(F)(F)C2)c(N)cc1C(N)=O. The van der Waals surface area contributed by atoms with Crippen LogP contribution in [0.2, 0.25) is 0 Å². The molecular formula is C12H15F2N3O. The predicted molar refractivity (Wildman–Crippen MR) is 65.9 cm³/mol. The molecular weight excluding hydrogens is 240 g/mol. The van der Waals surface area contributed by atoms with Gasteiger partial charge in [-0.05, 0) is 24.6 Å². The second-order valence-electron chi connectivity index (χ2n) is 4.62. The Hall–Kier alpha value is -1.85. The molecule has 2 rings (SSSR count). The first-order valence-electron chi connectivity index (χ1n) is 5.63. The first-order chi connectivity index (χ1) is 8.30. The quantitative estimate of drug-likeness (QED) is 0.787. The van der Waals surface area contributed by atoms with Gasteiger partial charge < -0.3 is 16.4 Å². The molecule has 1 saturated heterocycles. The van der Waals surface area contributed by atoms with Crippen molar-refractivity contribution in [3.05, 3.63) is 23.3 Å². The summed E-state index contributed by atoms with van der Waals surface area (Å²) in [6, 6.07) is 3.08. The van der Waals surface area contributed by atoms with Crippen LogP contribution in [0.15, 0.2) is 12.1 Å². The molecule has 1 aromatic carbocycles. The lowest BCUT2D eigenvalue weighted by atomic mass is 10.1. The van der Waals surface area contributed by atoms with E-state index in [1.165, 1.54) is 11.0 Å². The number of hydrogen-bond donors (Lipinski definition) is 2. The lowest BCUT2D eigenvalue weighted by Gasteiger charge is -2.21. The van der Waals surface area contributed by atoms with Crippen molar-refractivity contribution in [1.29, 1.82) is 0 Å². The molecule has 1 aromatic rings. The summed E-state index contributed by atoms with van der Waals surface area (Å²) in [4.78, 5) is 12.7. The Kier molecular flexibility index (Phi) is 2.88. The zero-order valence-electron chi connectivity index (χ0n) is 10.0. The zero-order chi connectivity index (χ0) is 13.5. The molecule has 0 atom stereocenters. The minimum Gasteiger partial charge on any atom is -0.397 e. The number of primary amides is 1. The second-order valence-corrected chi connectivity index (χ2v) is 4.62. The summed E-state index contributed by atoms with van der Waals surface area (Å²) in [6.45, 7) is 1.62. The number of nitrogens with zero attached hydrogens (tertiary/aromatic N) is 1. The number of nitrogens with two attached hydrogens (primary N) is 2. The van der Waals surface area contributed by atoms with Gasteiger partial charge in [0.25, 0.3) is 5.92 Å². The molecule has 0 aliphatic carbocycles. The zero-order valence-corrected chi connectivity index (χ0v) is 10.0. The molecule has 6 heteroatoms. The second kappa shape index (κ2) is 4.12. The van der Waals surface area contributed by atoms with Crippen LogP contribution >= 0.6 is 0 Å². The third kappa shape index (κ3) is 2.23. The van der Waals surface area contributed by atoms with E-state index in [0.717, 1.165) is 0 Å². The molecule has 1 heterocycles. The van der Waals surface area contributed by atoms with Crippen molar-refractivity contribution in [2.45, 2.75) is 19.3 Å². The number of halogens is 2. The first kappa shape index (κ1) is 12.6. The maximum atomic E-state index is 13.2. The van der Waals surface area contributed by atoms with Gasteiger partial charge in [0.2, 0.25) is 5.91 Å². The molecule has 1 aliphatic heterocycles. The van der Waals surface area contributed by atoms with E-state index in [-0.39, 0.29) is 19.5 Å². The van der Waals surface area contributed by atoms with Gasteiger partial charge in [-0.25, -0.2) is 8.78 Å². The van der Waals surface area contributed by atoms with Gasteiger partial charge in [-0.2, -0.15) is 0 Å². The molecule has 0 bridgehead atoms. The Balaban J connectivity index is 2.36. The third-order valence-electron chi connectivity index (χ3n) is 3.15. The minimum atomic E-state index is -2.68. The molecule has 0 aromatic heterocycles. The highest BCUT2D eigenvalue weighted by atomic mass is 19.3. The van der Waals surface area contributed by atoms with E-state index in [2.05, 4.69) is 0 Å². The number of aryl methyl sites for hydroxylation is 1. The number of rotatable bonds is 2. The minimum absolute atomic E-state index is 0.178. The summed E-state index contributed by atoms with van der Waals surface area (Å²) in [7, 11) is 0. The van der Waals surface area contributed by atoms with E-state index in [4.69, 9.17) is 11.5 Å². The smallest absolute Gasteiger partial charge is 0.266 e. The van der Waals surface area contributed by atoms with E-state index >= 15 is 0 Å². The van der Waals surface area contributed by atoms with E-state index in [1.807, 2.05) is 0 Å². The molecule has 0 saturated carbocycles. The molecule has 0 spiro atoms. The lowest BCUT2D eigenvalue weighted by molar-refractivity contribution is 0.0257. The Morgan fingerprint density at radius 1 is 1.44 bits per heavy atom. The van der Waals surface area contributed by atoms with Crippen LogP contribution in [0.4, 0.5) is 20.2 Å². The van der Waals surface area contributed by atoms with Crippen LogP contribution in [0.1, 0.15) is 22.3 Å². The Morgan fingerprint density at radius 3 is 2.61 bits per heavy atom. The van der Waals surface area contributed by atoms with Crippen LogP contribution in [0.5, 0.6) is 0 Å². The number of carbonyl (C=O) groups is 1. The van der Waals surface area contributed by atoms with Crippen molar-refractivity contribution in [2.24, 2.45) is 5.73 Å². The number of nitrogen functional groups attached to an aromatic ring is 1. The fourth-order valence-corrected chi connectivity index (χ4v) is 2.19. The number of carbonyl (C=O) groups excluding carboxylic acids is 1. The van der Waals surface area contributed by atoms with Crippen molar-refractivity contribution < 1.29 is 13.6 Å². The van der Waals surface area contributed by atoms with Crippen LogP contribution in [-0.2, 0) is 0 Å². The van der Waals surface area contributed by atoms with Gasteiger partial charge in [-0.3, -0.25) is 4.79 Å². The molecule has 18 heavy (non-hydrogen) atoms. The number of anilines is 2. The molecule has 1 amide bonds. The monoisotopic (exact) mass is 255 g/mol. The van der Waals surface area contributed by atoms with Crippen LogP contribution in [0, 0.1) is 6.92 Å². The van der Waals surface area contributed by atoms with Crippen LogP contribution < -0.4 is 16.4 Å². The number of alkyl halides is 2. The topological polar surface area (TPSA) is 72.3 Å². The van der Waals surface area contributed by atoms with E-state index in [9.17, 15) is 13.6 Å². The average Bonchev–Trinajstić information content (AvgIpc) is 2.61. The van der Waals surface area contributed by atoms with Gasteiger partial charge in [0.15, 0.2) is 0 Å². The Morgan fingerprint density at radius 2 is 2.11 bits per heavy atom. The largest absolute Gasteiger partial charge is 0.397 e. The summed E-state index contributed by atoms with van der Waals surface area (Å²) < 4.78 is 26.3. The summed E-state index contributed by atoms with van der Waals surface area (Å²) in [6.07, 6.45) is -0.178. The van der Waals surface area contributed by atoms with Crippen LogP contribution in [-0.4, -0.2) is 24.9 Å². The normalized spacial score (nSPS) is 18.1. The summed E-state index contributed by atoms with van der Waals surface area (Å²) in [5, 5.41) is 0. The highest BCUT2D eigenvalue weighted by Gasteiger charge is 2.38. The third-order valence-corrected chi connectivity index (χ3v) is 3.15. The highest BCUT2D eigenvalue weighted by molar-refractivity contribution is 5.96. The van der Waals surface area contributed by atoms with Gasteiger partial charge >= 0.3 is 0 Å². The van der Waals surface area contributed by atoms with Gasteiger partial charge in [-0.15, -0.1) is 0 Å². The van der Waals surface area contributed by atoms with Gasteiger partial charge in [0, 0.05) is 18.5 Å². The number of amides is 1. The van der Waals surface area contributed by atoms with Gasteiger partial charge in [0.05, 0.1) is 17.9 Å². The molecule has 1 aliphatic rings. The standard InChI is InChI=1S/C12H15F2N3O/c1-7-4-10(9(15)5-8(7)11(16)18)17-3-2-12(13,14)6-17/h4-5H,2-3,6,15H2,1H3,(H2,16,18). The van der Waals surface area contributed by atoms with E-state index < -0.39 is 11.8 Å².